The fourth-order valence-corrected chi connectivity index (χ4v) is 5.94. The molecular weight excluding hydrogens is 650 g/mol. The van der Waals surface area contributed by atoms with Gasteiger partial charge < -0.3 is 34.1 Å². The van der Waals surface area contributed by atoms with Crippen molar-refractivity contribution in [2.75, 3.05) is 26.9 Å². The van der Waals surface area contributed by atoms with Gasteiger partial charge in [-0.1, -0.05) is 75.7 Å². The minimum Gasteiger partial charge on any atom is -0.481 e. The molecule has 1 aliphatic heterocycles. The Balaban J connectivity index is 2.04. The van der Waals surface area contributed by atoms with E-state index in [1.54, 1.807) is 58.0 Å². The molecule has 51 heavy (non-hydrogen) atoms. The summed E-state index contributed by atoms with van der Waals surface area (Å²) in [6, 6.07) is 6.01. The van der Waals surface area contributed by atoms with Crippen LogP contribution in [-0.2, 0) is 39.8 Å². The van der Waals surface area contributed by atoms with E-state index in [1.807, 2.05) is 0 Å². The van der Waals surface area contributed by atoms with Crippen molar-refractivity contribution in [2.24, 2.45) is 5.92 Å². The number of rotatable bonds is 23. The molecule has 1 saturated heterocycles. The maximum Gasteiger partial charge on any atom is 0.339 e. The number of nitrogens with one attached hydrogen (secondary N) is 1. The lowest BCUT2D eigenvalue weighted by Crippen LogP contribution is -2.54. The van der Waals surface area contributed by atoms with E-state index in [9.17, 15) is 19.5 Å². The Morgan fingerprint density at radius 3 is 2.14 bits per heavy atom. The van der Waals surface area contributed by atoms with Crippen molar-refractivity contribution in [3.05, 3.63) is 42.0 Å². The molecule has 1 aromatic rings. The zero-order chi connectivity index (χ0) is 37.8. The largest absolute Gasteiger partial charge is 0.481 e. The number of carbonyl (C=O) groups excluding carboxylic acids is 3. The summed E-state index contributed by atoms with van der Waals surface area (Å²) in [7, 11) is 1.24. The summed E-state index contributed by atoms with van der Waals surface area (Å²) in [6.07, 6.45) is 15.8. The van der Waals surface area contributed by atoms with Crippen LogP contribution in [0.2, 0.25) is 0 Å². The lowest BCUT2D eigenvalue weighted by Gasteiger charge is -2.32. The van der Waals surface area contributed by atoms with Crippen molar-refractivity contribution in [1.29, 1.82) is 0 Å². The molecule has 1 fully saturated rings. The highest BCUT2D eigenvalue weighted by molar-refractivity contribution is 5.93. The van der Waals surface area contributed by atoms with E-state index in [1.165, 1.54) is 45.8 Å². The standard InChI is InChI=1S/C41H63NO9/c1-8-10-12-16-19-26-41(49-29-30-50-41)27-20-17-14-13-15-18-21-34(40(6,46)38(45)51-39(3,4)5)36(43)42-35(37(44)47-7)31-32-22-24-33(25-23-32)48-28-11-9-2/h18,21-25,34-35,46H,8,10,12-17,19-20,26-31H2,1-7H3,(H,42,43)/t34-,35+,40+/m1/s1. The predicted molar refractivity (Wildman–Crippen MR) is 198 cm³/mol. The van der Waals surface area contributed by atoms with Crippen molar-refractivity contribution in [3.63, 3.8) is 0 Å². The summed E-state index contributed by atoms with van der Waals surface area (Å²) in [5.41, 5.74) is -2.35. The predicted octanol–water partition coefficient (Wildman–Crippen LogP) is 7.00. The highest BCUT2D eigenvalue weighted by Crippen LogP contribution is 2.32. The van der Waals surface area contributed by atoms with Crippen LogP contribution in [0.4, 0.5) is 0 Å². The molecule has 3 atom stereocenters. The Kier molecular flexibility index (Phi) is 19.3. The van der Waals surface area contributed by atoms with Crippen LogP contribution in [0.3, 0.4) is 0 Å². The first-order valence-electron chi connectivity index (χ1n) is 18.7. The topological polar surface area (TPSA) is 130 Å². The molecule has 10 heteroatoms. The molecule has 2 rings (SSSR count). The van der Waals surface area contributed by atoms with E-state index in [2.05, 4.69) is 24.1 Å². The van der Waals surface area contributed by atoms with Gasteiger partial charge in [-0.25, -0.2) is 9.59 Å². The van der Waals surface area contributed by atoms with Gasteiger partial charge in [0.05, 0.1) is 26.2 Å². The van der Waals surface area contributed by atoms with E-state index in [0.29, 0.717) is 25.4 Å². The van der Waals surface area contributed by atoms with Crippen LogP contribution in [0.15, 0.2) is 36.4 Å². The first-order chi connectivity index (χ1) is 24.3. The molecule has 0 aromatic heterocycles. The summed E-state index contributed by atoms with van der Waals surface area (Å²) in [4.78, 5) is 39.7. The van der Waals surface area contributed by atoms with Crippen LogP contribution in [0.5, 0.6) is 5.75 Å². The molecule has 2 N–H and O–H groups in total. The normalized spacial score (nSPS) is 16.4. The number of aliphatic hydroxyl groups is 1. The van der Waals surface area contributed by atoms with Gasteiger partial charge in [-0.2, -0.15) is 0 Å². The van der Waals surface area contributed by atoms with Gasteiger partial charge >= 0.3 is 11.9 Å². The van der Waals surface area contributed by atoms with Crippen LogP contribution in [0, 0.1) is 17.8 Å². The van der Waals surface area contributed by atoms with Gasteiger partial charge in [0.1, 0.15) is 24.0 Å². The third kappa shape index (κ3) is 16.2. The smallest absolute Gasteiger partial charge is 0.339 e. The molecule has 1 amide bonds. The van der Waals surface area contributed by atoms with Gasteiger partial charge in [0.2, 0.25) is 5.91 Å². The second-order valence-electron chi connectivity index (χ2n) is 14.4. The van der Waals surface area contributed by atoms with Gasteiger partial charge in [-0.05, 0) is 78.0 Å². The van der Waals surface area contributed by atoms with Crippen molar-refractivity contribution in [2.45, 2.75) is 148 Å². The van der Waals surface area contributed by atoms with Gasteiger partial charge in [-0.3, -0.25) is 4.79 Å². The van der Waals surface area contributed by atoms with Crippen molar-refractivity contribution in [1.82, 2.24) is 5.32 Å². The summed E-state index contributed by atoms with van der Waals surface area (Å²) in [5.74, 6) is 2.15. The summed E-state index contributed by atoms with van der Waals surface area (Å²) in [5, 5.41) is 14.2. The minimum absolute atomic E-state index is 0.120. The molecule has 0 aliphatic carbocycles. The molecule has 286 valence electrons. The number of ether oxygens (including phenoxy) is 5. The summed E-state index contributed by atoms with van der Waals surface area (Å²) < 4.78 is 28.1. The zero-order valence-electron chi connectivity index (χ0n) is 32.1. The number of carbonyl (C=O) groups is 3. The Hall–Kier alpha value is -3.39. The molecule has 0 unspecified atom stereocenters. The lowest BCUT2D eigenvalue weighted by molar-refractivity contribution is -0.181. The molecule has 0 saturated carbocycles. The molecule has 1 aromatic carbocycles. The highest BCUT2D eigenvalue weighted by Gasteiger charge is 2.46. The average molecular weight is 714 g/mol. The quantitative estimate of drug-likeness (QED) is 0.0533. The molecular formula is C41H63NO9. The Morgan fingerprint density at radius 2 is 1.57 bits per heavy atom. The van der Waals surface area contributed by atoms with Crippen LogP contribution in [-0.4, -0.2) is 72.9 Å². The molecule has 0 radical (unpaired) electrons. The first kappa shape index (κ1) is 43.8. The van der Waals surface area contributed by atoms with Crippen LogP contribution < -0.4 is 10.1 Å². The summed E-state index contributed by atoms with van der Waals surface area (Å²) in [6.45, 7) is 11.8. The monoisotopic (exact) mass is 713 g/mol. The number of amides is 1. The van der Waals surface area contributed by atoms with E-state index in [0.717, 1.165) is 50.5 Å². The van der Waals surface area contributed by atoms with Crippen molar-refractivity contribution < 1.29 is 43.2 Å². The fourth-order valence-electron chi connectivity index (χ4n) is 5.94. The van der Waals surface area contributed by atoms with E-state index < -0.39 is 46.8 Å². The molecule has 10 nitrogen and oxygen atoms in total. The third-order valence-electron chi connectivity index (χ3n) is 8.84. The zero-order valence-corrected chi connectivity index (χ0v) is 32.1. The van der Waals surface area contributed by atoms with E-state index >= 15 is 0 Å². The van der Waals surface area contributed by atoms with Crippen molar-refractivity contribution in [3.8, 4) is 17.6 Å². The third-order valence-corrected chi connectivity index (χ3v) is 8.84. The Bertz CT molecular complexity index is 1280. The van der Waals surface area contributed by atoms with Crippen molar-refractivity contribution >= 4 is 17.8 Å². The second kappa shape index (κ2) is 22.5. The fraction of sp³-hybridized carbons (Fsp3) is 0.683. The number of esters is 2. The van der Waals surface area contributed by atoms with Gasteiger partial charge in [-0.15, -0.1) is 5.92 Å². The maximum absolute atomic E-state index is 13.8. The van der Waals surface area contributed by atoms with Crippen LogP contribution in [0.25, 0.3) is 0 Å². The lowest BCUT2D eigenvalue weighted by atomic mass is 9.86. The summed E-state index contributed by atoms with van der Waals surface area (Å²) >= 11 is 0. The Morgan fingerprint density at radius 1 is 0.961 bits per heavy atom. The number of unbranched alkanes of at least 4 members (excludes halogenated alkanes) is 8. The SMILES string of the molecule is CC#CCOc1ccc(C[C@H](NC(=O)[C@@H](C=CCCCCCCC2(CCCCCCC)OCCO2)[C@](C)(O)C(=O)OC(C)(C)C)C(=O)OC)cc1. The molecule has 0 spiro atoms. The molecule has 1 heterocycles. The van der Waals surface area contributed by atoms with Crippen LogP contribution >= 0.6 is 0 Å². The highest BCUT2D eigenvalue weighted by atomic mass is 16.7. The van der Waals surface area contributed by atoms with Gasteiger partial charge in [0.15, 0.2) is 11.4 Å². The number of methoxy groups -OCH3 is 1. The number of hydrogen-bond acceptors (Lipinski definition) is 9. The number of benzene rings is 1. The maximum atomic E-state index is 13.8. The van der Waals surface area contributed by atoms with E-state index in [-0.39, 0.29) is 13.0 Å². The number of allylic oxidation sites excluding steroid dienone is 1. The average Bonchev–Trinajstić information content (AvgIpc) is 3.55. The van der Waals surface area contributed by atoms with Gasteiger partial charge in [0.25, 0.3) is 0 Å². The second-order valence-corrected chi connectivity index (χ2v) is 14.4. The molecule has 0 bridgehead atoms. The van der Waals surface area contributed by atoms with Gasteiger partial charge in [0, 0.05) is 19.3 Å². The van der Waals surface area contributed by atoms with E-state index in [4.69, 9.17) is 23.7 Å². The van der Waals surface area contributed by atoms with Crippen LogP contribution in [0.1, 0.15) is 124 Å². The Labute approximate surface area is 306 Å². The minimum atomic E-state index is -2.21. The first-order valence-corrected chi connectivity index (χ1v) is 18.7. The number of hydrogen-bond donors (Lipinski definition) is 2. The molecule has 1 aliphatic rings.